The molecule has 0 unspecified atom stereocenters. The average Bonchev–Trinajstić information content (AvgIpc) is 2.68. The van der Waals surface area contributed by atoms with Crippen molar-refractivity contribution in [3.05, 3.63) is 95.6 Å². The number of aryl methyl sites for hydroxylation is 2. The first kappa shape index (κ1) is 17.5. The summed E-state index contributed by atoms with van der Waals surface area (Å²) in [6.45, 7) is 4.10. The summed E-state index contributed by atoms with van der Waals surface area (Å²) in [6.07, 6.45) is 0. The Labute approximate surface area is 163 Å². The van der Waals surface area contributed by atoms with Gasteiger partial charge in [0.2, 0.25) is 5.12 Å². The third kappa shape index (κ3) is 3.64. The first-order valence-electron chi connectivity index (χ1n) is 8.86. The average molecular weight is 369 g/mol. The highest BCUT2D eigenvalue weighted by Crippen LogP contribution is 2.32. The normalized spacial score (nSPS) is 10.9. The minimum absolute atomic E-state index is 0.0378. The van der Waals surface area contributed by atoms with E-state index >= 15 is 0 Å². The van der Waals surface area contributed by atoms with E-state index in [0.29, 0.717) is 5.56 Å². The molecule has 0 amide bonds. The number of rotatable bonds is 3. The SMILES string of the molecule is Cc1cc(C)c2nc(-c3ccccc3)cc(C(=O)Sc3ccccc3)c2c1. The van der Waals surface area contributed by atoms with Crippen molar-refractivity contribution in [1.82, 2.24) is 4.98 Å². The van der Waals surface area contributed by atoms with E-state index in [0.717, 1.165) is 38.2 Å². The molecule has 1 aromatic heterocycles. The third-order valence-corrected chi connectivity index (χ3v) is 5.40. The largest absolute Gasteiger partial charge is 0.281 e. The Kier molecular flexibility index (Phi) is 4.78. The Morgan fingerprint density at radius 3 is 2.22 bits per heavy atom. The van der Waals surface area contributed by atoms with E-state index < -0.39 is 0 Å². The Morgan fingerprint density at radius 2 is 1.52 bits per heavy atom. The molecule has 0 radical (unpaired) electrons. The molecule has 0 bridgehead atoms. The Balaban J connectivity index is 1.90. The molecular formula is C24H19NOS. The first-order valence-corrected chi connectivity index (χ1v) is 9.68. The zero-order valence-corrected chi connectivity index (χ0v) is 16.1. The molecule has 2 nitrogen and oxygen atoms in total. The van der Waals surface area contributed by atoms with Crippen LogP contribution in [-0.4, -0.2) is 10.1 Å². The third-order valence-electron chi connectivity index (χ3n) is 4.49. The van der Waals surface area contributed by atoms with Crippen LogP contribution in [0.25, 0.3) is 22.2 Å². The summed E-state index contributed by atoms with van der Waals surface area (Å²) in [5.41, 5.74) is 5.65. The van der Waals surface area contributed by atoms with Crippen LogP contribution in [0.3, 0.4) is 0 Å². The van der Waals surface area contributed by atoms with E-state index in [4.69, 9.17) is 4.98 Å². The van der Waals surface area contributed by atoms with Crippen LogP contribution in [0.5, 0.6) is 0 Å². The van der Waals surface area contributed by atoms with Crippen LogP contribution in [0.15, 0.2) is 83.8 Å². The second-order valence-electron chi connectivity index (χ2n) is 6.60. The second kappa shape index (κ2) is 7.37. The number of hydrogen-bond donors (Lipinski definition) is 0. The number of carbonyl (C=O) groups is 1. The summed E-state index contributed by atoms with van der Waals surface area (Å²) in [5.74, 6) is 0. The molecule has 3 aromatic carbocycles. The number of benzene rings is 3. The summed E-state index contributed by atoms with van der Waals surface area (Å²) < 4.78 is 0. The van der Waals surface area contributed by atoms with Gasteiger partial charge in [0.1, 0.15) is 0 Å². The molecule has 27 heavy (non-hydrogen) atoms. The van der Waals surface area contributed by atoms with E-state index in [1.165, 1.54) is 11.8 Å². The van der Waals surface area contributed by atoms with Crippen LogP contribution in [0.2, 0.25) is 0 Å². The van der Waals surface area contributed by atoms with Crippen LogP contribution >= 0.6 is 11.8 Å². The van der Waals surface area contributed by atoms with Crippen molar-refractivity contribution < 1.29 is 4.79 Å². The molecule has 0 N–H and O–H groups in total. The maximum Gasteiger partial charge on any atom is 0.224 e. The van der Waals surface area contributed by atoms with Gasteiger partial charge < -0.3 is 0 Å². The topological polar surface area (TPSA) is 30.0 Å². The summed E-state index contributed by atoms with van der Waals surface area (Å²) in [6, 6.07) is 25.9. The molecule has 0 aliphatic rings. The van der Waals surface area contributed by atoms with Crippen LogP contribution < -0.4 is 0 Å². The maximum atomic E-state index is 13.2. The molecular weight excluding hydrogens is 350 g/mol. The van der Waals surface area contributed by atoms with Gasteiger partial charge in [-0.15, -0.1) is 0 Å². The van der Waals surface area contributed by atoms with Gasteiger partial charge in [0.05, 0.1) is 11.2 Å². The molecule has 0 saturated carbocycles. The van der Waals surface area contributed by atoms with Gasteiger partial charge in [-0.3, -0.25) is 4.79 Å². The molecule has 4 aromatic rings. The fraction of sp³-hybridized carbons (Fsp3) is 0.0833. The number of aromatic nitrogens is 1. The van der Waals surface area contributed by atoms with E-state index in [9.17, 15) is 4.79 Å². The van der Waals surface area contributed by atoms with E-state index in [1.807, 2.05) is 66.7 Å². The molecule has 0 atom stereocenters. The van der Waals surface area contributed by atoms with Crippen molar-refractivity contribution in [2.24, 2.45) is 0 Å². The number of nitrogens with zero attached hydrogens (tertiary/aromatic N) is 1. The van der Waals surface area contributed by atoms with Crippen molar-refractivity contribution >= 4 is 27.8 Å². The summed E-state index contributed by atoms with van der Waals surface area (Å²) >= 11 is 1.26. The molecule has 132 valence electrons. The summed E-state index contributed by atoms with van der Waals surface area (Å²) in [4.78, 5) is 19.0. The van der Waals surface area contributed by atoms with Gasteiger partial charge in [0, 0.05) is 21.4 Å². The fourth-order valence-electron chi connectivity index (χ4n) is 3.26. The lowest BCUT2D eigenvalue weighted by molar-refractivity contribution is 0.109. The van der Waals surface area contributed by atoms with Gasteiger partial charge >= 0.3 is 0 Å². The number of carbonyl (C=O) groups excluding carboxylic acids is 1. The zero-order valence-electron chi connectivity index (χ0n) is 15.3. The van der Waals surface area contributed by atoms with Crippen LogP contribution in [0.4, 0.5) is 0 Å². The molecule has 0 aliphatic carbocycles. The smallest absolute Gasteiger partial charge is 0.224 e. The van der Waals surface area contributed by atoms with E-state index in [2.05, 4.69) is 26.0 Å². The zero-order chi connectivity index (χ0) is 18.8. The highest BCUT2D eigenvalue weighted by atomic mass is 32.2. The van der Waals surface area contributed by atoms with Gasteiger partial charge in [0.25, 0.3) is 0 Å². The van der Waals surface area contributed by atoms with Gasteiger partial charge in [-0.1, -0.05) is 60.2 Å². The molecule has 0 aliphatic heterocycles. The number of fused-ring (bicyclic) bond motifs is 1. The number of thioether (sulfide) groups is 1. The number of pyridine rings is 1. The lowest BCUT2D eigenvalue weighted by atomic mass is 10.0. The predicted molar refractivity (Wildman–Crippen MR) is 113 cm³/mol. The van der Waals surface area contributed by atoms with E-state index in [-0.39, 0.29) is 5.12 Å². The number of hydrogen-bond acceptors (Lipinski definition) is 3. The highest BCUT2D eigenvalue weighted by Gasteiger charge is 2.17. The highest BCUT2D eigenvalue weighted by molar-refractivity contribution is 8.14. The van der Waals surface area contributed by atoms with Crippen molar-refractivity contribution in [3.8, 4) is 11.3 Å². The maximum absolute atomic E-state index is 13.2. The van der Waals surface area contributed by atoms with Gasteiger partial charge in [0.15, 0.2) is 0 Å². The lowest BCUT2D eigenvalue weighted by Crippen LogP contribution is -2.00. The quantitative estimate of drug-likeness (QED) is 0.389. The van der Waals surface area contributed by atoms with Gasteiger partial charge in [-0.05, 0) is 55.4 Å². The molecule has 0 fully saturated rings. The standard InChI is InChI=1S/C24H19NOS/c1-16-13-17(2)23-20(14-16)21(24(26)27-19-11-7-4-8-12-19)15-22(25-23)18-9-5-3-6-10-18/h3-15H,1-2H3. The minimum atomic E-state index is 0.0378. The van der Waals surface area contributed by atoms with Crippen LogP contribution in [-0.2, 0) is 0 Å². The monoisotopic (exact) mass is 369 g/mol. The molecule has 1 heterocycles. The molecule has 0 saturated heterocycles. The predicted octanol–water partition coefficient (Wildman–Crippen LogP) is 6.45. The van der Waals surface area contributed by atoms with Gasteiger partial charge in [-0.25, -0.2) is 4.98 Å². The molecule has 3 heteroatoms. The fourth-order valence-corrected chi connectivity index (χ4v) is 4.04. The molecule has 4 rings (SSSR count). The first-order chi connectivity index (χ1) is 13.1. The second-order valence-corrected chi connectivity index (χ2v) is 7.65. The summed E-state index contributed by atoms with van der Waals surface area (Å²) in [5, 5.41) is 0.955. The Bertz CT molecular complexity index is 1120. The van der Waals surface area contributed by atoms with Crippen LogP contribution in [0, 0.1) is 13.8 Å². The van der Waals surface area contributed by atoms with Gasteiger partial charge in [-0.2, -0.15) is 0 Å². The minimum Gasteiger partial charge on any atom is -0.281 e. The Hall–Kier alpha value is -2.91. The summed E-state index contributed by atoms with van der Waals surface area (Å²) in [7, 11) is 0. The van der Waals surface area contributed by atoms with Crippen molar-refractivity contribution in [3.63, 3.8) is 0 Å². The van der Waals surface area contributed by atoms with Crippen LogP contribution in [0.1, 0.15) is 21.5 Å². The lowest BCUT2D eigenvalue weighted by Gasteiger charge is -2.12. The van der Waals surface area contributed by atoms with Crippen molar-refractivity contribution in [2.75, 3.05) is 0 Å². The van der Waals surface area contributed by atoms with Crippen molar-refractivity contribution in [2.45, 2.75) is 18.7 Å². The molecule has 0 spiro atoms. The van der Waals surface area contributed by atoms with E-state index in [1.54, 1.807) is 0 Å². The Morgan fingerprint density at radius 1 is 0.852 bits per heavy atom. The van der Waals surface area contributed by atoms with Crippen molar-refractivity contribution in [1.29, 1.82) is 0 Å².